The van der Waals surface area contributed by atoms with Crippen molar-refractivity contribution in [3.05, 3.63) is 12.2 Å². The monoisotopic (exact) mass is 136 g/mol. The molecular weight excluding hydrogens is 124 g/mol. The highest BCUT2D eigenvalue weighted by Crippen LogP contribution is 2.44. The SMILES string of the molecule is C=C1CC[C@@H]2C(=O)CC[C@H]12. The van der Waals surface area contributed by atoms with Crippen LogP contribution in [0.25, 0.3) is 0 Å². The van der Waals surface area contributed by atoms with Gasteiger partial charge in [-0.2, -0.15) is 0 Å². The summed E-state index contributed by atoms with van der Waals surface area (Å²) >= 11 is 0. The zero-order valence-electron chi connectivity index (χ0n) is 6.10. The van der Waals surface area contributed by atoms with Crippen LogP contribution < -0.4 is 0 Å². The molecule has 2 rings (SSSR count). The molecule has 0 amide bonds. The average molecular weight is 136 g/mol. The number of rotatable bonds is 0. The van der Waals surface area contributed by atoms with E-state index in [1.165, 1.54) is 5.57 Å². The molecule has 0 aromatic rings. The first-order valence-electron chi connectivity index (χ1n) is 3.99. The summed E-state index contributed by atoms with van der Waals surface area (Å²) in [5, 5.41) is 0. The van der Waals surface area contributed by atoms with E-state index in [0.717, 1.165) is 25.7 Å². The molecule has 54 valence electrons. The number of ketones is 1. The summed E-state index contributed by atoms with van der Waals surface area (Å²) in [5.74, 6) is 1.45. The predicted molar refractivity (Wildman–Crippen MR) is 39.6 cm³/mol. The van der Waals surface area contributed by atoms with Crippen molar-refractivity contribution in [1.82, 2.24) is 0 Å². The summed E-state index contributed by atoms with van der Waals surface area (Å²) in [7, 11) is 0. The number of hydrogen-bond donors (Lipinski definition) is 0. The fraction of sp³-hybridized carbons (Fsp3) is 0.667. The van der Waals surface area contributed by atoms with Crippen LogP contribution in [0.1, 0.15) is 25.7 Å². The van der Waals surface area contributed by atoms with Gasteiger partial charge in [-0.1, -0.05) is 12.2 Å². The van der Waals surface area contributed by atoms with E-state index in [1.54, 1.807) is 0 Å². The number of Topliss-reactive ketones (excluding diaryl/α,β-unsaturated/α-hetero) is 1. The van der Waals surface area contributed by atoms with Crippen LogP contribution >= 0.6 is 0 Å². The molecule has 0 spiro atoms. The number of allylic oxidation sites excluding steroid dienone is 1. The van der Waals surface area contributed by atoms with Crippen molar-refractivity contribution < 1.29 is 4.79 Å². The first kappa shape index (κ1) is 6.14. The Morgan fingerprint density at radius 3 is 2.60 bits per heavy atom. The largest absolute Gasteiger partial charge is 0.299 e. The number of hydrogen-bond acceptors (Lipinski definition) is 1. The molecule has 2 saturated carbocycles. The Bertz CT molecular complexity index is 171. The fourth-order valence-electron chi connectivity index (χ4n) is 2.29. The van der Waals surface area contributed by atoms with Crippen LogP contribution in [0.15, 0.2) is 12.2 Å². The van der Waals surface area contributed by atoms with Gasteiger partial charge < -0.3 is 0 Å². The van der Waals surface area contributed by atoms with Crippen molar-refractivity contribution in [2.24, 2.45) is 11.8 Å². The third-order valence-corrected chi connectivity index (χ3v) is 2.90. The lowest BCUT2D eigenvalue weighted by molar-refractivity contribution is -0.120. The summed E-state index contributed by atoms with van der Waals surface area (Å²) in [6.07, 6.45) is 4.08. The number of carbonyl (C=O) groups is 1. The molecule has 2 aliphatic rings. The van der Waals surface area contributed by atoms with E-state index in [1.807, 2.05) is 0 Å². The molecular formula is C9H12O. The minimum atomic E-state index is 0.382. The van der Waals surface area contributed by atoms with Gasteiger partial charge in [-0.05, 0) is 25.2 Å². The normalized spacial score (nSPS) is 38.8. The first-order valence-corrected chi connectivity index (χ1v) is 3.99. The number of carbonyl (C=O) groups excluding carboxylic acids is 1. The van der Waals surface area contributed by atoms with Gasteiger partial charge in [-0.3, -0.25) is 4.79 Å². The molecule has 0 saturated heterocycles. The Morgan fingerprint density at radius 2 is 1.90 bits per heavy atom. The molecule has 0 unspecified atom stereocenters. The standard InChI is InChI=1S/C9H12O/c1-6-2-3-8-7(6)4-5-9(8)10/h7-8H,1-5H2/t7-,8+/m1/s1. The van der Waals surface area contributed by atoms with Gasteiger partial charge in [0.25, 0.3) is 0 Å². The molecule has 0 aliphatic heterocycles. The van der Waals surface area contributed by atoms with Gasteiger partial charge in [-0.15, -0.1) is 0 Å². The van der Waals surface area contributed by atoms with E-state index in [2.05, 4.69) is 6.58 Å². The zero-order chi connectivity index (χ0) is 7.14. The summed E-state index contributed by atoms with van der Waals surface area (Å²) in [6, 6.07) is 0. The summed E-state index contributed by atoms with van der Waals surface area (Å²) in [4.78, 5) is 11.2. The maximum atomic E-state index is 11.2. The smallest absolute Gasteiger partial charge is 0.136 e. The Balaban J connectivity index is 2.24. The highest BCUT2D eigenvalue weighted by Gasteiger charge is 2.39. The van der Waals surface area contributed by atoms with Crippen LogP contribution in [-0.4, -0.2) is 5.78 Å². The Hall–Kier alpha value is -0.590. The summed E-state index contributed by atoms with van der Waals surface area (Å²) in [5.41, 5.74) is 1.33. The van der Waals surface area contributed by atoms with Crippen molar-refractivity contribution >= 4 is 5.78 Å². The van der Waals surface area contributed by atoms with Gasteiger partial charge in [0, 0.05) is 12.3 Å². The van der Waals surface area contributed by atoms with Gasteiger partial charge in [-0.25, -0.2) is 0 Å². The molecule has 10 heavy (non-hydrogen) atoms. The van der Waals surface area contributed by atoms with E-state index >= 15 is 0 Å². The predicted octanol–water partition coefficient (Wildman–Crippen LogP) is 1.93. The van der Waals surface area contributed by atoms with Crippen LogP contribution in [-0.2, 0) is 4.79 Å². The molecule has 0 N–H and O–H groups in total. The van der Waals surface area contributed by atoms with Gasteiger partial charge in [0.15, 0.2) is 0 Å². The van der Waals surface area contributed by atoms with Crippen molar-refractivity contribution in [3.8, 4) is 0 Å². The molecule has 1 heteroatoms. The lowest BCUT2D eigenvalue weighted by atomic mass is 9.98. The Labute approximate surface area is 61.1 Å². The van der Waals surface area contributed by atoms with E-state index in [9.17, 15) is 4.79 Å². The Kier molecular flexibility index (Phi) is 1.19. The highest BCUT2D eigenvalue weighted by molar-refractivity contribution is 5.84. The molecule has 2 fully saturated rings. The van der Waals surface area contributed by atoms with E-state index in [0.29, 0.717) is 17.6 Å². The maximum absolute atomic E-state index is 11.2. The summed E-state index contributed by atoms with van der Waals surface area (Å²) < 4.78 is 0. The molecule has 0 heterocycles. The zero-order valence-corrected chi connectivity index (χ0v) is 6.10. The quantitative estimate of drug-likeness (QED) is 0.465. The Morgan fingerprint density at radius 1 is 1.20 bits per heavy atom. The van der Waals surface area contributed by atoms with Gasteiger partial charge in [0.05, 0.1) is 0 Å². The second-order valence-electron chi connectivity index (χ2n) is 3.41. The van der Waals surface area contributed by atoms with Crippen molar-refractivity contribution in [2.75, 3.05) is 0 Å². The van der Waals surface area contributed by atoms with Crippen LogP contribution in [0, 0.1) is 11.8 Å². The molecule has 0 radical (unpaired) electrons. The van der Waals surface area contributed by atoms with Gasteiger partial charge >= 0.3 is 0 Å². The lowest BCUT2D eigenvalue weighted by Crippen LogP contribution is -2.07. The second kappa shape index (κ2) is 1.94. The second-order valence-corrected chi connectivity index (χ2v) is 3.41. The van der Waals surface area contributed by atoms with Crippen LogP contribution in [0.3, 0.4) is 0 Å². The molecule has 0 bridgehead atoms. The van der Waals surface area contributed by atoms with Gasteiger partial charge in [0.2, 0.25) is 0 Å². The highest BCUT2D eigenvalue weighted by atomic mass is 16.1. The third-order valence-electron chi connectivity index (χ3n) is 2.90. The fourth-order valence-corrected chi connectivity index (χ4v) is 2.29. The average Bonchev–Trinajstić information content (AvgIpc) is 2.41. The molecule has 1 nitrogen and oxygen atoms in total. The minimum absolute atomic E-state index is 0.382. The molecule has 0 aromatic carbocycles. The van der Waals surface area contributed by atoms with Gasteiger partial charge in [0.1, 0.15) is 5.78 Å². The van der Waals surface area contributed by atoms with Crippen molar-refractivity contribution in [3.63, 3.8) is 0 Å². The number of fused-ring (bicyclic) bond motifs is 1. The van der Waals surface area contributed by atoms with E-state index < -0.39 is 0 Å². The van der Waals surface area contributed by atoms with Crippen LogP contribution in [0.5, 0.6) is 0 Å². The third kappa shape index (κ3) is 0.664. The topological polar surface area (TPSA) is 17.1 Å². The first-order chi connectivity index (χ1) is 4.79. The van der Waals surface area contributed by atoms with E-state index in [4.69, 9.17) is 0 Å². The lowest BCUT2D eigenvalue weighted by Gasteiger charge is -2.05. The van der Waals surface area contributed by atoms with Crippen molar-refractivity contribution in [2.45, 2.75) is 25.7 Å². The summed E-state index contributed by atoms with van der Waals surface area (Å²) in [6.45, 7) is 3.98. The molecule has 2 atom stereocenters. The molecule has 0 aromatic heterocycles. The van der Waals surface area contributed by atoms with Crippen LogP contribution in [0.4, 0.5) is 0 Å². The van der Waals surface area contributed by atoms with Crippen LogP contribution in [0.2, 0.25) is 0 Å². The maximum Gasteiger partial charge on any atom is 0.136 e. The van der Waals surface area contributed by atoms with E-state index in [-0.39, 0.29) is 0 Å². The minimum Gasteiger partial charge on any atom is -0.299 e. The van der Waals surface area contributed by atoms with Crippen molar-refractivity contribution in [1.29, 1.82) is 0 Å². The molecule has 2 aliphatic carbocycles.